The molecule has 14 heteroatoms. The van der Waals surface area contributed by atoms with Gasteiger partial charge in [0.05, 0.1) is 13.2 Å². The number of likely N-dealkylation sites (tertiary alicyclic amines) is 1. The number of hydrogen-bond acceptors (Lipinski definition) is 5. The number of carbonyl (C=O) groups is 2. The Labute approximate surface area is 209 Å². The van der Waals surface area contributed by atoms with Gasteiger partial charge in [0.25, 0.3) is 0 Å². The molecule has 7 nitrogen and oxygen atoms in total. The normalized spacial score (nSPS) is 19.2. The number of ether oxygens (including phenoxy) is 1. The zero-order valence-corrected chi connectivity index (χ0v) is 20.0. The SMILES string of the molecule is Fc1cccc(CCN2CCCCC2CCN2CCOCC2)c1.O=C(O)C(F)(F)F.O=C(O)C(F)(F)F. The van der Waals surface area contributed by atoms with Gasteiger partial charge in [0.1, 0.15) is 5.82 Å². The highest BCUT2D eigenvalue weighted by atomic mass is 19.4. The molecular weight excluding hydrogens is 517 g/mol. The maximum Gasteiger partial charge on any atom is 0.490 e. The van der Waals surface area contributed by atoms with Crippen molar-refractivity contribution in [1.82, 2.24) is 9.80 Å². The van der Waals surface area contributed by atoms with Gasteiger partial charge in [0, 0.05) is 25.7 Å². The average molecular weight is 548 g/mol. The van der Waals surface area contributed by atoms with E-state index in [9.17, 15) is 30.7 Å². The quantitative estimate of drug-likeness (QED) is 0.515. The van der Waals surface area contributed by atoms with E-state index in [2.05, 4.69) is 9.80 Å². The molecule has 1 unspecified atom stereocenters. The van der Waals surface area contributed by atoms with Gasteiger partial charge in [-0.2, -0.15) is 26.3 Å². The first-order valence-corrected chi connectivity index (χ1v) is 11.6. The molecule has 2 aliphatic rings. The van der Waals surface area contributed by atoms with Crippen LogP contribution in [-0.4, -0.2) is 96.3 Å². The monoisotopic (exact) mass is 548 g/mol. The number of hydrogen-bond donors (Lipinski definition) is 2. The van der Waals surface area contributed by atoms with Crippen LogP contribution in [0, 0.1) is 5.82 Å². The molecule has 37 heavy (non-hydrogen) atoms. The summed E-state index contributed by atoms with van der Waals surface area (Å²) in [5, 5.41) is 14.2. The first-order chi connectivity index (χ1) is 17.2. The Morgan fingerprint density at radius 2 is 1.49 bits per heavy atom. The molecule has 0 bridgehead atoms. The van der Waals surface area contributed by atoms with Crippen LogP contribution >= 0.6 is 0 Å². The van der Waals surface area contributed by atoms with Gasteiger partial charge in [-0.1, -0.05) is 18.6 Å². The molecule has 1 aromatic carbocycles. The van der Waals surface area contributed by atoms with Gasteiger partial charge in [-0.25, -0.2) is 14.0 Å². The summed E-state index contributed by atoms with van der Waals surface area (Å²) in [6.45, 7) is 7.36. The van der Waals surface area contributed by atoms with E-state index >= 15 is 0 Å². The molecule has 0 aromatic heterocycles. The van der Waals surface area contributed by atoms with Crippen LogP contribution < -0.4 is 0 Å². The second-order valence-corrected chi connectivity index (χ2v) is 8.41. The summed E-state index contributed by atoms with van der Waals surface area (Å²) in [5.74, 6) is -5.63. The first-order valence-electron chi connectivity index (χ1n) is 11.6. The Kier molecular flexibility index (Phi) is 13.8. The van der Waals surface area contributed by atoms with Gasteiger partial charge in [0.15, 0.2) is 0 Å². The molecule has 2 fully saturated rings. The highest BCUT2D eigenvalue weighted by molar-refractivity contribution is 5.73. The van der Waals surface area contributed by atoms with E-state index in [1.54, 1.807) is 6.07 Å². The van der Waals surface area contributed by atoms with Crippen LogP contribution in [0.4, 0.5) is 30.7 Å². The third-order valence-corrected chi connectivity index (χ3v) is 5.69. The molecule has 212 valence electrons. The lowest BCUT2D eigenvalue weighted by Gasteiger charge is -2.37. The molecule has 0 radical (unpaired) electrons. The van der Waals surface area contributed by atoms with Crippen LogP contribution in [0.3, 0.4) is 0 Å². The van der Waals surface area contributed by atoms with E-state index in [0.717, 1.165) is 44.8 Å². The number of aliphatic carboxylic acids is 2. The van der Waals surface area contributed by atoms with Gasteiger partial charge < -0.3 is 19.8 Å². The smallest absolute Gasteiger partial charge is 0.475 e. The molecule has 0 saturated carbocycles. The summed E-state index contributed by atoms with van der Waals surface area (Å²) < 4.78 is 82.2. The fourth-order valence-electron chi connectivity index (χ4n) is 3.80. The van der Waals surface area contributed by atoms with Crippen LogP contribution in [0.1, 0.15) is 31.2 Å². The van der Waals surface area contributed by atoms with Crippen LogP contribution in [0.2, 0.25) is 0 Å². The van der Waals surface area contributed by atoms with E-state index < -0.39 is 24.3 Å². The third-order valence-electron chi connectivity index (χ3n) is 5.69. The first kappa shape index (κ1) is 32.6. The lowest BCUT2D eigenvalue weighted by molar-refractivity contribution is -0.193. The predicted octanol–water partition coefficient (Wildman–Crippen LogP) is 4.21. The van der Waals surface area contributed by atoms with E-state index in [-0.39, 0.29) is 5.82 Å². The van der Waals surface area contributed by atoms with E-state index in [1.165, 1.54) is 44.8 Å². The van der Waals surface area contributed by atoms with E-state index in [4.69, 9.17) is 24.5 Å². The van der Waals surface area contributed by atoms with Crippen LogP contribution in [-0.2, 0) is 20.7 Å². The zero-order valence-electron chi connectivity index (χ0n) is 20.0. The molecule has 0 amide bonds. The number of alkyl halides is 6. The van der Waals surface area contributed by atoms with Crippen molar-refractivity contribution in [1.29, 1.82) is 0 Å². The molecule has 2 N–H and O–H groups in total. The number of carboxylic acids is 2. The Balaban J connectivity index is 0.000000404. The summed E-state index contributed by atoms with van der Waals surface area (Å²) in [6.07, 6.45) is -4.00. The Morgan fingerprint density at radius 3 is 2.00 bits per heavy atom. The molecular formula is C23H31F7N2O5. The third kappa shape index (κ3) is 14.2. The number of nitrogens with zero attached hydrogens (tertiary/aromatic N) is 2. The molecule has 0 aliphatic carbocycles. The topological polar surface area (TPSA) is 90.3 Å². The molecule has 2 heterocycles. The number of piperidine rings is 1. The fourth-order valence-corrected chi connectivity index (χ4v) is 3.80. The van der Waals surface area contributed by atoms with Crippen molar-refractivity contribution in [2.24, 2.45) is 0 Å². The van der Waals surface area contributed by atoms with Crippen molar-refractivity contribution in [3.05, 3.63) is 35.6 Å². The number of benzene rings is 1. The predicted molar refractivity (Wildman–Crippen MR) is 119 cm³/mol. The zero-order chi connectivity index (χ0) is 28.1. The minimum atomic E-state index is -5.08. The summed E-state index contributed by atoms with van der Waals surface area (Å²) in [5.41, 5.74) is 1.11. The number of carboxylic acid groups (broad SMARTS) is 2. The highest BCUT2D eigenvalue weighted by Crippen LogP contribution is 2.21. The lowest BCUT2D eigenvalue weighted by Crippen LogP contribution is -2.44. The Morgan fingerprint density at radius 1 is 0.919 bits per heavy atom. The Hall–Kier alpha value is -2.45. The summed E-state index contributed by atoms with van der Waals surface area (Å²) in [7, 11) is 0. The molecule has 1 atom stereocenters. The summed E-state index contributed by atoms with van der Waals surface area (Å²) in [4.78, 5) is 23.0. The largest absolute Gasteiger partial charge is 0.490 e. The highest BCUT2D eigenvalue weighted by Gasteiger charge is 2.38. The van der Waals surface area contributed by atoms with Crippen molar-refractivity contribution in [2.75, 3.05) is 45.9 Å². The maximum absolute atomic E-state index is 13.3. The second-order valence-electron chi connectivity index (χ2n) is 8.41. The molecule has 3 rings (SSSR count). The van der Waals surface area contributed by atoms with Crippen LogP contribution in [0.15, 0.2) is 24.3 Å². The minimum Gasteiger partial charge on any atom is -0.475 e. The van der Waals surface area contributed by atoms with Gasteiger partial charge in [0.2, 0.25) is 0 Å². The van der Waals surface area contributed by atoms with Gasteiger partial charge in [-0.15, -0.1) is 0 Å². The standard InChI is InChI=1S/C19H29FN2O.2C2HF3O2/c20-18-5-3-4-17(16-18)7-11-22-9-2-1-6-19(22)8-10-21-12-14-23-15-13-21;2*3-2(4,5)1(6)7/h3-5,16,19H,1-2,6-15H2;2*(H,6,7). The van der Waals surface area contributed by atoms with Crippen molar-refractivity contribution < 1.29 is 55.3 Å². The number of halogens is 7. The fraction of sp³-hybridized carbons (Fsp3) is 0.652. The van der Waals surface area contributed by atoms with E-state index in [1.807, 2.05) is 12.1 Å². The van der Waals surface area contributed by atoms with E-state index in [0.29, 0.717) is 6.04 Å². The van der Waals surface area contributed by atoms with Crippen molar-refractivity contribution >= 4 is 11.9 Å². The maximum atomic E-state index is 13.3. The van der Waals surface area contributed by atoms with Gasteiger partial charge >= 0.3 is 24.3 Å². The van der Waals surface area contributed by atoms with Crippen molar-refractivity contribution in [3.8, 4) is 0 Å². The Bertz CT molecular complexity index is 806. The molecule has 0 spiro atoms. The minimum absolute atomic E-state index is 0.120. The van der Waals surface area contributed by atoms with Crippen LogP contribution in [0.5, 0.6) is 0 Å². The summed E-state index contributed by atoms with van der Waals surface area (Å²) in [6, 6.07) is 7.74. The molecule has 1 aromatic rings. The van der Waals surface area contributed by atoms with Gasteiger partial charge in [-0.3, -0.25) is 4.90 Å². The number of morpholine rings is 1. The van der Waals surface area contributed by atoms with Crippen LogP contribution in [0.25, 0.3) is 0 Å². The molecule has 2 saturated heterocycles. The lowest BCUT2D eigenvalue weighted by atomic mass is 9.98. The summed E-state index contributed by atoms with van der Waals surface area (Å²) >= 11 is 0. The van der Waals surface area contributed by atoms with Crippen molar-refractivity contribution in [3.63, 3.8) is 0 Å². The molecule has 2 aliphatic heterocycles. The number of rotatable bonds is 6. The van der Waals surface area contributed by atoms with Crippen molar-refractivity contribution in [2.45, 2.75) is 50.5 Å². The second kappa shape index (κ2) is 15.7. The average Bonchev–Trinajstić information content (AvgIpc) is 2.82. The van der Waals surface area contributed by atoms with Gasteiger partial charge in [-0.05, 0) is 56.5 Å².